The van der Waals surface area contributed by atoms with Crippen LogP contribution in [0.3, 0.4) is 0 Å². The molecule has 0 fully saturated rings. The Labute approximate surface area is 133 Å². The molecule has 1 amide bonds. The lowest BCUT2D eigenvalue weighted by Gasteiger charge is -2.16. The third-order valence-electron chi connectivity index (χ3n) is 2.38. The summed E-state index contributed by atoms with van der Waals surface area (Å²) in [6, 6.07) is 4.87. The van der Waals surface area contributed by atoms with Crippen molar-refractivity contribution >= 4 is 39.1 Å². The second kappa shape index (κ2) is 7.84. The Morgan fingerprint density at radius 1 is 1.33 bits per heavy atom. The van der Waals surface area contributed by atoms with Crippen molar-refractivity contribution in [2.24, 2.45) is 0 Å². The summed E-state index contributed by atoms with van der Waals surface area (Å²) in [5.74, 6) is -0.0811. The molecule has 0 aliphatic rings. The average molecular weight is 355 g/mol. The summed E-state index contributed by atoms with van der Waals surface area (Å²) in [6.07, 6.45) is 0.251. The van der Waals surface area contributed by atoms with E-state index >= 15 is 0 Å². The van der Waals surface area contributed by atoms with Crippen LogP contribution in [-0.2, 0) is 14.8 Å². The van der Waals surface area contributed by atoms with Crippen molar-refractivity contribution in [3.05, 3.63) is 28.2 Å². The zero-order valence-corrected chi connectivity index (χ0v) is 13.8. The van der Waals surface area contributed by atoms with Crippen molar-refractivity contribution in [3.63, 3.8) is 0 Å². The van der Waals surface area contributed by atoms with E-state index in [0.29, 0.717) is 10.8 Å². The Morgan fingerprint density at radius 3 is 2.62 bits per heavy atom. The van der Waals surface area contributed by atoms with Gasteiger partial charge in [0.15, 0.2) is 6.10 Å². The molecule has 118 valence electrons. The van der Waals surface area contributed by atoms with E-state index < -0.39 is 16.1 Å². The summed E-state index contributed by atoms with van der Waals surface area (Å²) < 4.78 is 29.4. The monoisotopic (exact) mass is 354 g/mol. The van der Waals surface area contributed by atoms with Crippen molar-refractivity contribution in [2.45, 2.75) is 13.0 Å². The number of benzene rings is 1. The highest BCUT2D eigenvalue weighted by molar-refractivity contribution is 7.88. The molecule has 0 bridgehead atoms. The van der Waals surface area contributed by atoms with E-state index in [1.807, 2.05) is 0 Å². The van der Waals surface area contributed by atoms with Crippen LogP contribution in [0.2, 0.25) is 10.0 Å². The lowest BCUT2D eigenvalue weighted by molar-refractivity contribution is -0.127. The lowest BCUT2D eigenvalue weighted by atomic mass is 10.3. The fourth-order valence-corrected chi connectivity index (χ4v) is 2.19. The zero-order chi connectivity index (χ0) is 16.0. The van der Waals surface area contributed by atoms with Crippen LogP contribution >= 0.6 is 23.2 Å². The molecule has 0 aliphatic heterocycles. The van der Waals surface area contributed by atoms with Gasteiger partial charge in [-0.3, -0.25) is 4.79 Å². The molecule has 0 radical (unpaired) electrons. The van der Waals surface area contributed by atoms with Crippen LogP contribution in [0.1, 0.15) is 6.92 Å². The fraction of sp³-hybridized carbons (Fsp3) is 0.417. The Kier molecular flexibility index (Phi) is 6.73. The standard InChI is InChI=1S/C12H16Cl2N2O4S/c1-8(12(17)15-6-7-16-21(2,18)19)20-10-5-3-4-9(13)11(10)14/h3-5,8,16H,6-7H2,1-2H3,(H,15,17). The summed E-state index contributed by atoms with van der Waals surface area (Å²) in [7, 11) is -3.27. The van der Waals surface area contributed by atoms with E-state index in [0.717, 1.165) is 6.26 Å². The first-order valence-corrected chi connectivity index (χ1v) is 8.68. The first kappa shape index (κ1) is 18.0. The highest BCUT2D eigenvalue weighted by Crippen LogP contribution is 2.31. The second-order valence-corrected chi connectivity index (χ2v) is 6.89. The Bertz CT molecular complexity index is 607. The van der Waals surface area contributed by atoms with E-state index in [4.69, 9.17) is 27.9 Å². The van der Waals surface area contributed by atoms with Gasteiger partial charge in [0.2, 0.25) is 10.0 Å². The smallest absolute Gasteiger partial charge is 0.260 e. The maximum absolute atomic E-state index is 11.8. The molecule has 0 aromatic heterocycles. The van der Waals surface area contributed by atoms with E-state index in [-0.39, 0.29) is 24.0 Å². The minimum absolute atomic E-state index is 0.106. The van der Waals surface area contributed by atoms with Crippen LogP contribution < -0.4 is 14.8 Å². The number of halogens is 2. The van der Waals surface area contributed by atoms with Crippen LogP contribution in [0.15, 0.2) is 18.2 Å². The number of rotatable bonds is 7. The average Bonchev–Trinajstić information content (AvgIpc) is 2.38. The zero-order valence-electron chi connectivity index (χ0n) is 11.5. The first-order valence-electron chi connectivity index (χ1n) is 6.03. The third kappa shape index (κ3) is 6.52. The van der Waals surface area contributed by atoms with Crippen LogP contribution in [0.4, 0.5) is 0 Å². The summed E-state index contributed by atoms with van der Waals surface area (Å²) >= 11 is 11.8. The van der Waals surface area contributed by atoms with Gasteiger partial charge >= 0.3 is 0 Å². The van der Waals surface area contributed by atoms with E-state index in [2.05, 4.69) is 10.0 Å². The molecule has 0 spiro atoms. The Balaban J connectivity index is 2.46. The number of carbonyl (C=O) groups excluding carboxylic acids is 1. The molecule has 1 aromatic rings. The predicted molar refractivity (Wildman–Crippen MR) is 82.4 cm³/mol. The maximum atomic E-state index is 11.8. The molecular formula is C12H16Cl2N2O4S. The molecule has 0 aliphatic carbocycles. The van der Waals surface area contributed by atoms with Crippen LogP contribution in [0.5, 0.6) is 5.75 Å². The molecule has 9 heteroatoms. The SMILES string of the molecule is CC(Oc1cccc(Cl)c1Cl)C(=O)NCCNS(C)(=O)=O. The van der Waals surface area contributed by atoms with Crippen molar-refractivity contribution in [3.8, 4) is 5.75 Å². The number of carbonyl (C=O) groups is 1. The van der Waals surface area contributed by atoms with Crippen LogP contribution in [-0.4, -0.2) is 39.8 Å². The van der Waals surface area contributed by atoms with Gasteiger partial charge in [-0.05, 0) is 19.1 Å². The van der Waals surface area contributed by atoms with Crippen molar-refractivity contribution in [1.82, 2.24) is 10.0 Å². The van der Waals surface area contributed by atoms with E-state index in [9.17, 15) is 13.2 Å². The molecule has 1 unspecified atom stereocenters. The van der Waals surface area contributed by atoms with Crippen molar-refractivity contribution < 1.29 is 17.9 Å². The second-order valence-electron chi connectivity index (χ2n) is 4.27. The van der Waals surface area contributed by atoms with Gasteiger partial charge in [-0.2, -0.15) is 0 Å². The molecular weight excluding hydrogens is 339 g/mol. The molecule has 21 heavy (non-hydrogen) atoms. The molecule has 1 atom stereocenters. The highest BCUT2D eigenvalue weighted by atomic mass is 35.5. The van der Waals surface area contributed by atoms with Crippen LogP contribution in [0, 0.1) is 0 Å². The van der Waals surface area contributed by atoms with Crippen molar-refractivity contribution in [1.29, 1.82) is 0 Å². The fourth-order valence-electron chi connectivity index (χ4n) is 1.38. The van der Waals surface area contributed by atoms with Gasteiger partial charge in [0.1, 0.15) is 10.8 Å². The van der Waals surface area contributed by atoms with Gasteiger partial charge < -0.3 is 10.1 Å². The number of hydrogen-bond acceptors (Lipinski definition) is 4. The topological polar surface area (TPSA) is 84.5 Å². The van der Waals surface area contributed by atoms with Gasteiger partial charge in [0.25, 0.3) is 5.91 Å². The number of sulfonamides is 1. The predicted octanol–water partition coefficient (Wildman–Crippen LogP) is 1.43. The largest absolute Gasteiger partial charge is 0.479 e. The number of hydrogen-bond donors (Lipinski definition) is 2. The van der Waals surface area contributed by atoms with Gasteiger partial charge in [-0.25, -0.2) is 13.1 Å². The number of nitrogens with one attached hydrogen (secondary N) is 2. The van der Waals surface area contributed by atoms with Gasteiger partial charge in [-0.15, -0.1) is 0 Å². The summed E-state index contributed by atoms with van der Waals surface area (Å²) in [5, 5.41) is 3.11. The van der Waals surface area contributed by atoms with Gasteiger partial charge in [-0.1, -0.05) is 29.3 Å². The number of amides is 1. The van der Waals surface area contributed by atoms with E-state index in [1.54, 1.807) is 25.1 Å². The van der Waals surface area contributed by atoms with Gasteiger partial charge in [0, 0.05) is 13.1 Å². The summed E-state index contributed by atoms with van der Waals surface area (Å²) in [5.41, 5.74) is 0. The molecule has 0 saturated heterocycles. The minimum atomic E-state index is -3.27. The number of ether oxygens (including phenoxy) is 1. The maximum Gasteiger partial charge on any atom is 0.260 e. The molecule has 2 N–H and O–H groups in total. The minimum Gasteiger partial charge on any atom is -0.479 e. The Morgan fingerprint density at radius 2 is 2.00 bits per heavy atom. The lowest BCUT2D eigenvalue weighted by Crippen LogP contribution is -2.40. The Hall–Kier alpha value is -1.02. The highest BCUT2D eigenvalue weighted by Gasteiger charge is 2.16. The molecule has 0 saturated carbocycles. The third-order valence-corrected chi connectivity index (χ3v) is 3.91. The first-order chi connectivity index (χ1) is 9.70. The normalized spacial score (nSPS) is 12.8. The molecule has 6 nitrogen and oxygen atoms in total. The van der Waals surface area contributed by atoms with E-state index in [1.165, 1.54) is 0 Å². The van der Waals surface area contributed by atoms with Crippen molar-refractivity contribution in [2.75, 3.05) is 19.3 Å². The molecule has 1 aromatic carbocycles. The quantitative estimate of drug-likeness (QED) is 0.725. The summed E-state index contributed by atoms with van der Waals surface area (Å²) in [4.78, 5) is 11.8. The van der Waals surface area contributed by atoms with Crippen LogP contribution in [0.25, 0.3) is 0 Å². The molecule has 1 rings (SSSR count). The molecule has 0 heterocycles. The van der Waals surface area contributed by atoms with Gasteiger partial charge in [0.05, 0.1) is 11.3 Å². The summed E-state index contributed by atoms with van der Waals surface area (Å²) in [6.45, 7) is 1.81.